The lowest BCUT2D eigenvalue weighted by molar-refractivity contribution is 0.101. The molecule has 0 saturated heterocycles. The van der Waals surface area contributed by atoms with Crippen LogP contribution in [0.4, 0.5) is 24.5 Å². The van der Waals surface area contributed by atoms with Crippen molar-refractivity contribution in [2.24, 2.45) is 0 Å². The predicted octanol–water partition coefficient (Wildman–Crippen LogP) is 3.74. The second-order valence-corrected chi connectivity index (χ2v) is 8.68. The van der Waals surface area contributed by atoms with Gasteiger partial charge >= 0.3 is 0 Å². The summed E-state index contributed by atoms with van der Waals surface area (Å²) in [7, 11) is -4.29. The van der Waals surface area contributed by atoms with Crippen molar-refractivity contribution in [2.75, 3.05) is 22.5 Å². The fourth-order valence-electron chi connectivity index (χ4n) is 3.30. The van der Waals surface area contributed by atoms with Gasteiger partial charge in [0.1, 0.15) is 16.2 Å². The number of carbonyl (C=O) groups is 1. The molecule has 0 spiro atoms. The third kappa shape index (κ3) is 3.43. The summed E-state index contributed by atoms with van der Waals surface area (Å²) in [5.74, 6) is -6.51. The van der Waals surface area contributed by atoms with E-state index in [1.54, 1.807) is 30.3 Å². The van der Waals surface area contributed by atoms with Crippen LogP contribution in [0.15, 0.2) is 58.0 Å². The molecule has 30 heavy (non-hydrogen) atoms. The number of rotatable bonds is 4. The lowest BCUT2D eigenvalue weighted by atomic mass is 10.1. The summed E-state index contributed by atoms with van der Waals surface area (Å²) in [6.07, 6.45) is 1.37. The molecule has 4 rings (SSSR count). The van der Waals surface area contributed by atoms with Crippen LogP contribution in [0.1, 0.15) is 16.1 Å². The number of carbonyl (C=O) groups excluding carboxylic acids is 1. The van der Waals surface area contributed by atoms with Crippen LogP contribution in [-0.4, -0.2) is 26.6 Å². The first-order chi connectivity index (χ1) is 14.3. The van der Waals surface area contributed by atoms with Gasteiger partial charge in [-0.3, -0.25) is 4.79 Å². The lowest BCUT2D eigenvalue weighted by Gasteiger charge is -2.31. The second kappa shape index (κ2) is 7.52. The van der Waals surface area contributed by atoms with Gasteiger partial charge in [0, 0.05) is 12.2 Å². The Morgan fingerprint density at radius 1 is 1.03 bits per heavy atom. The molecule has 1 N–H and O–H groups in total. The smallest absolute Gasteiger partial charge is 0.261 e. The monoisotopic (exact) mass is 436 g/mol. The minimum atomic E-state index is -4.29. The van der Waals surface area contributed by atoms with Gasteiger partial charge in [-0.1, -0.05) is 18.2 Å². The van der Waals surface area contributed by atoms with E-state index in [2.05, 4.69) is 5.32 Å². The number of nitrogens with zero attached hydrogens (tertiary/aromatic N) is 1. The van der Waals surface area contributed by atoms with Crippen LogP contribution in [0.5, 0.6) is 0 Å². The number of hydrogen-bond donors (Lipinski definition) is 1. The molecule has 1 aliphatic heterocycles. The predicted molar refractivity (Wildman–Crippen MR) is 103 cm³/mol. The van der Waals surface area contributed by atoms with Gasteiger partial charge in [0.2, 0.25) is 0 Å². The van der Waals surface area contributed by atoms with Crippen LogP contribution in [0.25, 0.3) is 0 Å². The number of amides is 1. The summed E-state index contributed by atoms with van der Waals surface area (Å²) in [4.78, 5) is 12.7. The summed E-state index contributed by atoms with van der Waals surface area (Å²) < 4.78 is 74.8. The largest absolute Gasteiger partial charge is 0.467 e. The molecule has 6 nitrogen and oxygen atoms in total. The number of furan rings is 1. The molecule has 0 radical (unpaired) electrons. The van der Waals surface area contributed by atoms with Crippen LogP contribution in [-0.2, 0) is 16.4 Å². The van der Waals surface area contributed by atoms with E-state index in [4.69, 9.17) is 4.42 Å². The molecule has 1 amide bonds. The van der Waals surface area contributed by atoms with Crippen LogP contribution in [0, 0.1) is 17.5 Å². The van der Waals surface area contributed by atoms with Gasteiger partial charge in [-0.15, -0.1) is 0 Å². The number of sulfone groups is 1. The molecule has 2 aromatic carbocycles. The quantitative estimate of drug-likeness (QED) is 0.631. The number of nitrogens with one attached hydrogen (secondary N) is 1. The molecule has 0 bridgehead atoms. The maximum atomic E-state index is 15.4. The van der Waals surface area contributed by atoms with Gasteiger partial charge < -0.3 is 14.6 Å². The Morgan fingerprint density at radius 2 is 1.77 bits per heavy atom. The van der Waals surface area contributed by atoms with Crippen molar-refractivity contribution in [3.05, 3.63) is 77.5 Å². The van der Waals surface area contributed by atoms with Gasteiger partial charge in [0.25, 0.3) is 5.91 Å². The van der Waals surface area contributed by atoms with Crippen LogP contribution < -0.4 is 10.2 Å². The molecule has 1 aliphatic rings. The molecule has 0 fully saturated rings. The zero-order chi connectivity index (χ0) is 21.5. The van der Waals surface area contributed by atoms with Gasteiger partial charge in [-0.05, 0) is 24.3 Å². The Bertz CT molecular complexity index is 1210. The van der Waals surface area contributed by atoms with Gasteiger partial charge in [0.15, 0.2) is 27.3 Å². The molecule has 0 saturated carbocycles. The molecule has 156 valence electrons. The highest BCUT2D eigenvalue weighted by Gasteiger charge is 2.40. The topological polar surface area (TPSA) is 79.6 Å². The minimum absolute atomic E-state index is 0.0861. The number of benzene rings is 2. The third-order valence-corrected chi connectivity index (χ3v) is 6.41. The van der Waals surface area contributed by atoms with Crippen LogP contribution in [0.3, 0.4) is 0 Å². The highest BCUT2D eigenvalue weighted by molar-refractivity contribution is 7.91. The molecule has 10 heteroatoms. The second-order valence-electron chi connectivity index (χ2n) is 6.63. The first-order valence-corrected chi connectivity index (χ1v) is 10.5. The Labute approximate surface area is 169 Å². The van der Waals surface area contributed by atoms with Crippen molar-refractivity contribution < 1.29 is 30.8 Å². The Kier molecular flexibility index (Phi) is 5.02. The maximum absolute atomic E-state index is 15.4. The Hall–Kier alpha value is -3.27. The van der Waals surface area contributed by atoms with Crippen LogP contribution in [0.2, 0.25) is 0 Å². The van der Waals surface area contributed by atoms with E-state index in [9.17, 15) is 22.0 Å². The summed E-state index contributed by atoms with van der Waals surface area (Å²) in [6, 6.07) is 11.0. The zero-order valence-corrected chi connectivity index (χ0v) is 16.2. The number of anilines is 2. The molecular formula is C20H15F3N2O4S. The van der Waals surface area contributed by atoms with E-state index in [-0.39, 0.29) is 18.8 Å². The van der Waals surface area contributed by atoms with Crippen LogP contribution >= 0.6 is 0 Å². The molecule has 1 aromatic heterocycles. The minimum Gasteiger partial charge on any atom is -0.467 e. The van der Waals surface area contributed by atoms with Gasteiger partial charge in [0.05, 0.1) is 24.2 Å². The third-order valence-electron chi connectivity index (χ3n) is 4.70. The zero-order valence-electron chi connectivity index (χ0n) is 15.4. The van der Waals surface area contributed by atoms with E-state index in [1.807, 2.05) is 0 Å². The molecule has 2 heterocycles. The van der Waals surface area contributed by atoms with Crippen molar-refractivity contribution in [1.82, 2.24) is 0 Å². The summed E-state index contributed by atoms with van der Waals surface area (Å²) >= 11 is 0. The van der Waals surface area contributed by atoms with Crippen molar-refractivity contribution in [3.8, 4) is 0 Å². The average molecular weight is 436 g/mol. The standard InChI is InChI=1S/C20H15F3N2O4S/c21-15-14(20(26)24-12-5-2-1-3-6-12)16(22)18-19(17(15)23)30(27,28)10-8-25(18)11-13-7-4-9-29-13/h1-7,9H,8,10-11H2,(H,24,26). The van der Waals surface area contributed by atoms with E-state index < -0.39 is 55.1 Å². The molecule has 0 atom stereocenters. The SMILES string of the molecule is O=C(Nc1ccccc1)c1c(F)c(F)c2c(c1F)N(Cc1ccco1)CCS2(=O)=O. The van der Waals surface area contributed by atoms with Crippen molar-refractivity contribution in [2.45, 2.75) is 11.4 Å². The number of para-hydroxylation sites is 1. The fourth-order valence-corrected chi connectivity index (χ4v) is 4.84. The lowest BCUT2D eigenvalue weighted by Crippen LogP contribution is -2.37. The highest BCUT2D eigenvalue weighted by Crippen LogP contribution is 2.39. The number of halogens is 3. The Balaban J connectivity index is 1.85. The fraction of sp³-hybridized carbons (Fsp3) is 0.150. The first kappa shape index (κ1) is 20.0. The van der Waals surface area contributed by atoms with Crippen molar-refractivity contribution in [3.63, 3.8) is 0 Å². The normalized spacial score (nSPS) is 15.0. The number of fused-ring (bicyclic) bond motifs is 1. The van der Waals surface area contributed by atoms with Crippen molar-refractivity contribution in [1.29, 1.82) is 0 Å². The molecular weight excluding hydrogens is 421 g/mol. The molecule has 0 unspecified atom stereocenters. The van der Waals surface area contributed by atoms with E-state index in [0.717, 1.165) is 0 Å². The summed E-state index contributed by atoms with van der Waals surface area (Å²) in [5.41, 5.74) is -1.65. The van der Waals surface area contributed by atoms with Gasteiger partial charge in [-0.2, -0.15) is 0 Å². The Morgan fingerprint density at radius 3 is 2.43 bits per heavy atom. The maximum Gasteiger partial charge on any atom is 0.261 e. The van der Waals surface area contributed by atoms with Gasteiger partial charge in [-0.25, -0.2) is 21.6 Å². The number of hydrogen-bond acceptors (Lipinski definition) is 5. The van der Waals surface area contributed by atoms with E-state index in [1.165, 1.54) is 23.3 Å². The highest BCUT2D eigenvalue weighted by atomic mass is 32.2. The molecule has 3 aromatic rings. The van der Waals surface area contributed by atoms with Crippen molar-refractivity contribution >= 4 is 27.1 Å². The summed E-state index contributed by atoms with van der Waals surface area (Å²) in [6.45, 7) is -0.269. The average Bonchev–Trinajstić information content (AvgIpc) is 3.21. The summed E-state index contributed by atoms with van der Waals surface area (Å²) in [5, 5.41) is 2.28. The first-order valence-electron chi connectivity index (χ1n) is 8.86. The van der Waals surface area contributed by atoms with E-state index >= 15 is 4.39 Å². The molecule has 0 aliphatic carbocycles. The van der Waals surface area contributed by atoms with E-state index in [0.29, 0.717) is 5.76 Å².